The highest BCUT2D eigenvalue weighted by Crippen LogP contribution is 2.08. The van der Waals surface area contributed by atoms with Crippen LogP contribution in [0.25, 0.3) is 0 Å². The Bertz CT molecular complexity index is 203. The topological polar surface area (TPSA) is 66.4 Å². The molecular weight excluding hydrogens is 204 g/mol. The van der Waals surface area contributed by atoms with Crippen LogP contribution in [0.15, 0.2) is 0 Å². The van der Waals surface area contributed by atoms with E-state index in [0.717, 1.165) is 6.42 Å². The number of ether oxygens (including phenoxy) is 1. The van der Waals surface area contributed by atoms with E-state index >= 15 is 0 Å². The van der Waals surface area contributed by atoms with Crippen LogP contribution in [0, 0.1) is 5.92 Å². The van der Waals surface area contributed by atoms with Gasteiger partial charge in [0.15, 0.2) is 0 Å². The fourth-order valence-electron chi connectivity index (χ4n) is 1.16. The molecule has 0 radical (unpaired) electrons. The molecule has 4 nitrogen and oxygen atoms in total. The molecule has 14 heavy (non-hydrogen) atoms. The van der Waals surface area contributed by atoms with Gasteiger partial charge in [0.1, 0.15) is 0 Å². The van der Waals surface area contributed by atoms with Gasteiger partial charge in [-0.1, -0.05) is 24.9 Å². The molecule has 0 aliphatic rings. The van der Waals surface area contributed by atoms with E-state index in [0.29, 0.717) is 5.92 Å². The lowest BCUT2D eigenvalue weighted by molar-refractivity contribution is -0.148. The van der Waals surface area contributed by atoms with Crippen LogP contribution < -0.4 is 0 Å². The second kappa shape index (κ2) is 6.95. The predicted octanol–water partition coefficient (Wildman–Crippen LogP) is 1.23. The predicted molar refractivity (Wildman–Crippen MR) is 53.4 cm³/mol. The molecule has 0 bridgehead atoms. The zero-order valence-electron chi connectivity index (χ0n) is 8.82. The Hall–Kier alpha value is -0.420. The minimum absolute atomic E-state index is 0.0570. The maximum absolute atomic E-state index is 11.0. The standard InChI is InChI=1S/C9H18O4S/c1-7(2)6-8(3)13-9(10)4-5-14(11)12/h7-8H,4-6H2,1-3H3,(H,11,12)/p-1. The van der Waals surface area contributed by atoms with Crippen molar-refractivity contribution in [2.24, 2.45) is 5.92 Å². The molecule has 0 aromatic heterocycles. The highest BCUT2D eigenvalue weighted by Gasteiger charge is 2.10. The zero-order valence-corrected chi connectivity index (χ0v) is 9.63. The van der Waals surface area contributed by atoms with Crippen molar-refractivity contribution < 1.29 is 18.3 Å². The van der Waals surface area contributed by atoms with Crippen LogP contribution in [0.1, 0.15) is 33.6 Å². The lowest BCUT2D eigenvalue weighted by Crippen LogP contribution is -2.18. The number of hydrogen-bond donors (Lipinski definition) is 0. The Kier molecular flexibility index (Phi) is 6.74. The van der Waals surface area contributed by atoms with E-state index in [1.54, 1.807) is 0 Å². The van der Waals surface area contributed by atoms with E-state index in [-0.39, 0.29) is 18.3 Å². The lowest BCUT2D eigenvalue weighted by Gasteiger charge is -2.15. The third-order valence-corrected chi connectivity index (χ3v) is 2.15. The van der Waals surface area contributed by atoms with Crippen LogP contribution >= 0.6 is 0 Å². The summed E-state index contributed by atoms with van der Waals surface area (Å²) in [5.74, 6) is -0.137. The van der Waals surface area contributed by atoms with Gasteiger partial charge in [-0.25, -0.2) is 0 Å². The lowest BCUT2D eigenvalue weighted by atomic mass is 10.1. The van der Waals surface area contributed by atoms with Gasteiger partial charge in [0, 0.05) is 5.75 Å². The first-order valence-corrected chi connectivity index (χ1v) is 5.91. The smallest absolute Gasteiger partial charge is 0.306 e. The quantitative estimate of drug-likeness (QED) is 0.500. The second-order valence-corrected chi connectivity index (χ2v) is 4.70. The summed E-state index contributed by atoms with van der Waals surface area (Å²) < 4.78 is 25.3. The van der Waals surface area contributed by atoms with Gasteiger partial charge in [-0.15, -0.1) is 0 Å². The molecule has 0 spiro atoms. The molecule has 0 aromatic rings. The highest BCUT2D eigenvalue weighted by atomic mass is 32.2. The van der Waals surface area contributed by atoms with Crippen molar-refractivity contribution in [2.75, 3.05) is 5.75 Å². The summed E-state index contributed by atoms with van der Waals surface area (Å²) in [5, 5.41) is 0. The molecule has 84 valence electrons. The molecule has 0 aliphatic heterocycles. The summed E-state index contributed by atoms with van der Waals surface area (Å²) in [7, 11) is 0. The van der Waals surface area contributed by atoms with Crippen LogP contribution in [0.3, 0.4) is 0 Å². The minimum atomic E-state index is -2.16. The van der Waals surface area contributed by atoms with Crippen molar-refractivity contribution in [3.63, 3.8) is 0 Å². The molecular formula is C9H17O4S-. The molecule has 0 saturated heterocycles. The van der Waals surface area contributed by atoms with Crippen LogP contribution in [0.2, 0.25) is 0 Å². The Morgan fingerprint density at radius 2 is 2.00 bits per heavy atom. The number of esters is 1. The Balaban J connectivity index is 3.65. The molecule has 2 atom stereocenters. The third kappa shape index (κ3) is 8.19. The van der Waals surface area contributed by atoms with Crippen molar-refractivity contribution in [1.82, 2.24) is 0 Å². The number of carbonyl (C=O) groups excluding carboxylic acids is 1. The summed E-state index contributed by atoms with van der Waals surface area (Å²) in [4.78, 5) is 11.0. The summed E-state index contributed by atoms with van der Waals surface area (Å²) in [6.45, 7) is 5.89. The van der Waals surface area contributed by atoms with E-state index in [4.69, 9.17) is 4.74 Å². The van der Waals surface area contributed by atoms with Crippen LogP contribution in [-0.4, -0.2) is 26.6 Å². The minimum Gasteiger partial charge on any atom is -0.772 e. The van der Waals surface area contributed by atoms with E-state index in [2.05, 4.69) is 0 Å². The third-order valence-electron chi connectivity index (χ3n) is 1.61. The van der Waals surface area contributed by atoms with Gasteiger partial charge in [-0.2, -0.15) is 0 Å². The van der Waals surface area contributed by atoms with Crippen LogP contribution in [0.4, 0.5) is 0 Å². The summed E-state index contributed by atoms with van der Waals surface area (Å²) in [5.41, 5.74) is 0. The van der Waals surface area contributed by atoms with Crippen molar-refractivity contribution in [2.45, 2.75) is 39.7 Å². The van der Waals surface area contributed by atoms with Crippen molar-refractivity contribution in [1.29, 1.82) is 0 Å². The average molecular weight is 221 g/mol. The summed E-state index contributed by atoms with van der Waals surface area (Å²) >= 11 is -2.16. The molecule has 0 aliphatic carbocycles. The van der Waals surface area contributed by atoms with Gasteiger partial charge in [0.25, 0.3) is 0 Å². The molecule has 2 unspecified atom stereocenters. The van der Waals surface area contributed by atoms with Gasteiger partial charge in [-0.05, 0) is 19.3 Å². The zero-order chi connectivity index (χ0) is 11.1. The van der Waals surface area contributed by atoms with Crippen molar-refractivity contribution >= 4 is 17.0 Å². The largest absolute Gasteiger partial charge is 0.772 e. The molecule has 0 fully saturated rings. The molecule has 5 heteroatoms. The summed E-state index contributed by atoms with van der Waals surface area (Å²) in [6, 6.07) is 0. The number of carbonyl (C=O) groups is 1. The summed E-state index contributed by atoms with van der Waals surface area (Å²) in [6.07, 6.45) is 0.604. The van der Waals surface area contributed by atoms with Crippen LogP contribution in [-0.2, 0) is 20.6 Å². The Morgan fingerprint density at radius 1 is 1.43 bits per heavy atom. The van der Waals surface area contributed by atoms with Gasteiger partial charge in [0.05, 0.1) is 12.5 Å². The van der Waals surface area contributed by atoms with E-state index in [1.807, 2.05) is 20.8 Å². The highest BCUT2D eigenvalue weighted by molar-refractivity contribution is 7.79. The molecule has 0 aromatic carbocycles. The maximum Gasteiger partial charge on any atom is 0.306 e. The van der Waals surface area contributed by atoms with Gasteiger partial charge >= 0.3 is 5.97 Å². The monoisotopic (exact) mass is 221 g/mol. The fraction of sp³-hybridized carbons (Fsp3) is 0.889. The van der Waals surface area contributed by atoms with Gasteiger partial charge in [0.2, 0.25) is 0 Å². The van der Waals surface area contributed by atoms with E-state index in [1.165, 1.54) is 0 Å². The van der Waals surface area contributed by atoms with Gasteiger partial charge < -0.3 is 9.29 Å². The van der Waals surface area contributed by atoms with E-state index in [9.17, 15) is 13.6 Å². The first-order valence-electron chi connectivity index (χ1n) is 4.67. The fourth-order valence-corrected chi connectivity index (χ4v) is 1.50. The second-order valence-electron chi connectivity index (χ2n) is 3.69. The molecule has 0 heterocycles. The van der Waals surface area contributed by atoms with Crippen LogP contribution in [0.5, 0.6) is 0 Å². The number of rotatable bonds is 6. The Labute approximate surface area is 87.3 Å². The van der Waals surface area contributed by atoms with E-state index < -0.39 is 17.0 Å². The van der Waals surface area contributed by atoms with Crippen molar-refractivity contribution in [3.05, 3.63) is 0 Å². The number of hydrogen-bond acceptors (Lipinski definition) is 4. The molecule has 0 amide bonds. The maximum atomic E-state index is 11.0. The SMILES string of the molecule is CC(C)CC(C)OC(=O)CCS(=O)[O-]. The molecule has 0 saturated carbocycles. The first kappa shape index (κ1) is 13.6. The van der Waals surface area contributed by atoms with Crippen molar-refractivity contribution in [3.8, 4) is 0 Å². The Morgan fingerprint density at radius 3 is 2.43 bits per heavy atom. The average Bonchev–Trinajstić information content (AvgIpc) is 1.98. The molecule has 0 N–H and O–H groups in total. The molecule has 0 rings (SSSR count). The normalized spacial score (nSPS) is 15.2. The first-order chi connectivity index (χ1) is 6.41. The van der Waals surface area contributed by atoms with Gasteiger partial charge in [-0.3, -0.25) is 9.00 Å².